The first-order valence-corrected chi connectivity index (χ1v) is 8.88. The van der Waals surface area contributed by atoms with Crippen molar-refractivity contribution in [3.05, 3.63) is 42.0 Å². The smallest absolute Gasteiger partial charge is 0.255 e. The predicted octanol–water partition coefficient (Wildman–Crippen LogP) is 2.96. The molecule has 0 radical (unpaired) electrons. The molecule has 6 heteroatoms. The third-order valence-corrected chi connectivity index (χ3v) is 4.37. The highest BCUT2D eigenvalue weighted by atomic mass is 16.5. The molecule has 1 aliphatic carbocycles. The SMILES string of the molecule is COCCNC(=O)c1ccc(-c2ccccc2OC)nc1NCC1CC1. The zero-order chi connectivity index (χ0) is 18.4. The Hall–Kier alpha value is -2.60. The largest absolute Gasteiger partial charge is 0.496 e. The molecule has 1 amide bonds. The number of ether oxygens (including phenoxy) is 2. The lowest BCUT2D eigenvalue weighted by Gasteiger charge is -2.14. The topological polar surface area (TPSA) is 72.5 Å². The fourth-order valence-corrected chi connectivity index (χ4v) is 2.71. The lowest BCUT2D eigenvalue weighted by molar-refractivity contribution is 0.0937. The summed E-state index contributed by atoms with van der Waals surface area (Å²) in [6.45, 7) is 1.77. The van der Waals surface area contributed by atoms with Gasteiger partial charge in [-0.05, 0) is 43.0 Å². The van der Waals surface area contributed by atoms with Gasteiger partial charge in [0.2, 0.25) is 0 Å². The molecule has 3 rings (SSSR count). The van der Waals surface area contributed by atoms with Crippen molar-refractivity contribution in [2.45, 2.75) is 12.8 Å². The third-order valence-electron chi connectivity index (χ3n) is 4.37. The van der Waals surface area contributed by atoms with Crippen LogP contribution in [-0.4, -0.2) is 44.8 Å². The van der Waals surface area contributed by atoms with Crippen LogP contribution in [0.5, 0.6) is 5.75 Å². The fourth-order valence-electron chi connectivity index (χ4n) is 2.71. The average Bonchev–Trinajstić information content (AvgIpc) is 3.50. The van der Waals surface area contributed by atoms with Gasteiger partial charge in [0.1, 0.15) is 11.6 Å². The molecule has 1 aromatic carbocycles. The van der Waals surface area contributed by atoms with Gasteiger partial charge in [0.15, 0.2) is 0 Å². The lowest BCUT2D eigenvalue weighted by Crippen LogP contribution is -2.28. The molecule has 0 saturated heterocycles. The first-order valence-electron chi connectivity index (χ1n) is 8.88. The first-order chi connectivity index (χ1) is 12.7. The van der Waals surface area contributed by atoms with Crippen LogP contribution in [0.2, 0.25) is 0 Å². The minimum absolute atomic E-state index is 0.153. The standard InChI is InChI=1S/C20H25N3O3/c1-25-12-11-21-20(24)16-9-10-17(15-5-3-4-6-18(15)26-2)23-19(16)22-13-14-7-8-14/h3-6,9-10,14H,7-8,11-13H2,1-2H3,(H,21,24)(H,22,23). The number of anilines is 1. The summed E-state index contributed by atoms with van der Waals surface area (Å²) < 4.78 is 10.4. The highest BCUT2D eigenvalue weighted by molar-refractivity contribution is 5.99. The predicted molar refractivity (Wildman–Crippen MR) is 102 cm³/mol. The minimum atomic E-state index is -0.153. The number of hydrogen-bond acceptors (Lipinski definition) is 5. The highest BCUT2D eigenvalue weighted by Gasteiger charge is 2.22. The molecular weight excluding hydrogens is 330 g/mol. The average molecular weight is 355 g/mol. The zero-order valence-corrected chi connectivity index (χ0v) is 15.2. The Morgan fingerprint density at radius 1 is 1.19 bits per heavy atom. The van der Waals surface area contributed by atoms with Crippen LogP contribution in [0.1, 0.15) is 23.2 Å². The Balaban J connectivity index is 1.87. The highest BCUT2D eigenvalue weighted by Crippen LogP contribution is 2.32. The summed E-state index contributed by atoms with van der Waals surface area (Å²) in [7, 11) is 3.25. The van der Waals surface area contributed by atoms with E-state index in [2.05, 4.69) is 10.6 Å². The number of amides is 1. The molecule has 1 saturated carbocycles. The van der Waals surface area contributed by atoms with E-state index in [1.807, 2.05) is 36.4 Å². The number of pyridine rings is 1. The van der Waals surface area contributed by atoms with Crippen molar-refractivity contribution < 1.29 is 14.3 Å². The number of aromatic nitrogens is 1. The molecule has 0 unspecified atom stereocenters. The van der Waals surface area contributed by atoms with Gasteiger partial charge in [-0.25, -0.2) is 4.98 Å². The summed E-state index contributed by atoms with van der Waals surface area (Å²) in [6.07, 6.45) is 2.46. The number of nitrogens with zero attached hydrogens (tertiary/aromatic N) is 1. The molecule has 0 spiro atoms. The van der Waals surface area contributed by atoms with Crippen LogP contribution < -0.4 is 15.4 Å². The molecule has 2 aromatic rings. The molecule has 1 aliphatic rings. The van der Waals surface area contributed by atoms with Crippen LogP contribution in [0.25, 0.3) is 11.3 Å². The van der Waals surface area contributed by atoms with Gasteiger partial charge < -0.3 is 20.1 Å². The summed E-state index contributed by atoms with van der Waals surface area (Å²) in [5, 5.41) is 6.21. The quantitative estimate of drug-likeness (QED) is 0.677. The Kier molecular flexibility index (Phi) is 6.07. The number of rotatable bonds is 9. The lowest BCUT2D eigenvalue weighted by atomic mass is 10.1. The van der Waals surface area contributed by atoms with Crippen LogP contribution in [0.15, 0.2) is 36.4 Å². The van der Waals surface area contributed by atoms with Gasteiger partial charge >= 0.3 is 0 Å². The Morgan fingerprint density at radius 3 is 2.73 bits per heavy atom. The molecular formula is C20H25N3O3. The number of para-hydroxylation sites is 1. The molecule has 0 bridgehead atoms. The molecule has 1 heterocycles. The van der Waals surface area contributed by atoms with Crippen molar-refractivity contribution in [3.8, 4) is 17.0 Å². The molecule has 138 valence electrons. The summed E-state index contributed by atoms with van der Waals surface area (Å²) in [5.41, 5.74) is 2.21. The molecule has 6 nitrogen and oxygen atoms in total. The van der Waals surface area contributed by atoms with Gasteiger partial charge in [-0.2, -0.15) is 0 Å². The van der Waals surface area contributed by atoms with Gasteiger partial charge in [-0.1, -0.05) is 12.1 Å². The summed E-state index contributed by atoms with van der Waals surface area (Å²) in [4.78, 5) is 17.2. The van der Waals surface area contributed by atoms with E-state index < -0.39 is 0 Å². The van der Waals surface area contributed by atoms with Crippen LogP contribution in [-0.2, 0) is 4.74 Å². The number of benzene rings is 1. The van der Waals surface area contributed by atoms with Gasteiger partial charge in [0.25, 0.3) is 5.91 Å². The van der Waals surface area contributed by atoms with E-state index in [-0.39, 0.29) is 5.91 Å². The second kappa shape index (κ2) is 8.67. The maximum Gasteiger partial charge on any atom is 0.255 e. The zero-order valence-electron chi connectivity index (χ0n) is 15.2. The number of carbonyl (C=O) groups is 1. The van der Waals surface area contributed by atoms with Crippen molar-refractivity contribution in [1.29, 1.82) is 0 Å². The van der Waals surface area contributed by atoms with Crippen molar-refractivity contribution in [3.63, 3.8) is 0 Å². The fraction of sp³-hybridized carbons (Fsp3) is 0.400. The molecule has 1 aromatic heterocycles. The number of hydrogen-bond donors (Lipinski definition) is 2. The Bertz CT molecular complexity index is 760. The van der Waals surface area contributed by atoms with Crippen molar-refractivity contribution >= 4 is 11.7 Å². The van der Waals surface area contributed by atoms with Crippen LogP contribution in [0.4, 0.5) is 5.82 Å². The van der Waals surface area contributed by atoms with E-state index in [4.69, 9.17) is 14.5 Å². The molecule has 0 atom stereocenters. The molecule has 26 heavy (non-hydrogen) atoms. The summed E-state index contributed by atoms with van der Waals surface area (Å²) >= 11 is 0. The van der Waals surface area contributed by atoms with Crippen LogP contribution in [0, 0.1) is 5.92 Å². The third kappa shape index (κ3) is 4.52. The van der Waals surface area contributed by atoms with E-state index in [1.54, 1.807) is 14.2 Å². The maximum absolute atomic E-state index is 12.5. The van der Waals surface area contributed by atoms with E-state index in [0.29, 0.717) is 30.5 Å². The number of nitrogens with one attached hydrogen (secondary N) is 2. The summed E-state index contributed by atoms with van der Waals surface area (Å²) in [6, 6.07) is 11.4. The maximum atomic E-state index is 12.5. The minimum Gasteiger partial charge on any atom is -0.496 e. The van der Waals surface area contributed by atoms with E-state index in [9.17, 15) is 4.79 Å². The van der Waals surface area contributed by atoms with Crippen LogP contribution >= 0.6 is 0 Å². The molecule has 2 N–H and O–H groups in total. The molecule has 1 fully saturated rings. The number of carbonyl (C=O) groups excluding carboxylic acids is 1. The molecule has 0 aliphatic heterocycles. The Morgan fingerprint density at radius 2 is 2.00 bits per heavy atom. The van der Waals surface area contributed by atoms with Gasteiger partial charge in [0.05, 0.1) is 25.0 Å². The monoisotopic (exact) mass is 355 g/mol. The van der Waals surface area contributed by atoms with Gasteiger partial charge in [0, 0.05) is 25.8 Å². The number of methoxy groups -OCH3 is 2. The summed E-state index contributed by atoms with van der Waals surface area (Å²) in [5.74, 6) is 1.89. The van der Waals surface area contributed by atoms with Gasteiger partial charge in [-0.15, -0.1) is 0 Å². The Labute approximate surface area is 153 Å². The van der Waals surface area contributed by atoms with E-state index in [0.717, 1.165) is 23.6 Å². The van der Waals surface area contributed by atoms with E-state index >= 15 is 0 Å². The second-order valence-electron chi connectivity index (χ2n) is 6.37. The van der Waals surface area contributed by atoms with E-state index in [1.165, 1.54) is 12.8 Å². The van der Waals surface area contributed by atoms with Crippen LogP contribution in [0.3, 0.4) is 0 Å². The van der Waals surface area contributed by atoms with Crippen molar-refractivity contribution in [1.82, 2.24) is 10.3 Å². The van der Waals surface area contributed by atoms with Crippen molar-refractivity contribution in [2.75, 3.05) is 39.2 Å². The normalized spacial score (nSPS) is 13.3. The van der Waals surface area contributed by atoms with Crippen molar-refractivity contribution in [2.24, 2.45) is 5.92 Å². The first kappa shape index (κ1) is 18.2. The second-order valence-corrected chi connectivity index (χ2v) is 6.37. The van der Waals surface area contributed by atoms with Gasteiger partial charge in [-0.3, -0.25) is 4.79 Å².